The molecular weight excluding hydrogens is 282 g/mol. The molecular formula is C16H25N3O3. The van der Waals surface area contributed by atoms with Gasteiger partial charge >= 0.3 is 0 Å². The third-order valence-corrected chi connectivity index (χ3v) is 3.98. The Balaban J connectivity index is 1.92. The normalized spacial score (nSPS) is 22.1. The zero-order chi connectivity index (χ0) is 16.2. The molecule has 0 aromatic carbocycles. The third-order valence-electron chi connectivity index (χ3n) is 3.98. The molecule has 0 saturated carbocycles. The van der Waals surface area contributed by atoms with Crippen LogP contribution >= 0.6 is 0 Å². The van der Waals surface area contributed by atoms with Crippen molar-refractivity contribution in [1.29, 1.82) is 0 Å². The third kappa shape index (κ3) is 4.42. The van der Waals surface area contributed by atoms with Gasteiger partial charge in [-0.2, -0.15) is 0 Å². The Morgan fingerprint density at radius 1 is 1.41 bits per heavy atom. The number of rotatable bonds is 5. The van der Waals surface area contributed by atoms with Gasteiger partial charge in [0.2, 0.25) is 5.91 Å². The van der Waals surface area contributed by atoms with E-state index in [1.54, 1.807) is 23.2 Å². The highest BCUT2D eigenvalue weighted by Gasteiger charge is 2.35. The number of piperidine rings is 1. The number of aryl methyl sites for hydroxylation is 1. The fourth-order valence-electron chi connectivity index (χ4n) is 3.06. The van der Waals surface area contributed by atoms with Gasteiger partial charge in [0.15, 0.2) is 0 Å². The van der Waals surface area contributed by atoms with Crippen molar-refractivity contribution in [2.75, 3.05) is 33.7 Å². The van der Waals surface area contributed by atoms with Crippen LogP contribution in [-0.2, 0) is 11.3 Å². The average Bonchev–Trinajstić information content (AvgIpc) is 2.44. The number of nitrogens with zero attached hydrogens (tertiary/aromatic N) is 3. The lowest BCUT2D eigenvalue weighted by molar-refractivity contribution is -0.139. The summed E-state index contributed by atoms with van der Waals surface area (Å²) in [4.78, 5) is 27.6. The number of aromatic nitrogens is 1. The second-order valence-corrected chi connectivity index (χ2v) is 6.36. The van der Waals surface area contributed by atoms with Crippen LogP contribution in [0.25, 0.3) is 0 Å². The van der Waals surface area contributed by atoms with Crippen molar-refractivity contribution >= 4 is 5.91 Å². The van der Waals surface area contributed by atoms with Crippen LogP contribution in [0.3, 0.4) is 0 Å². The van der Waals surface area contributed by atoms with E-state index in [1.807, 2.05) is 19.0 Å². The Morgan fingerprint density at radius 3 is 2.86 bits per heavy atom. The van der Waals surface area contributed by atoms with E-state index in [4.69, 9.17) is 0 Å². The van der Waals surface area contributed by atoms with E-state index in [0.717, 1.165) is 6.42 Å². The van der Waals surface area contributed by atoms with Crippen LogP contribution in [0.1, 0.15) is 19.3 Å². The molecule has 1 atom stereocenters. The molecule has 122 valence electrons. The Morgan fingerprint density at radius 2 is 2.18 bits per heavy atom. The summed E-state index contributed by atoms with van der Waals surface area (Å²) in [5.74, 6) is -0.00682. The van der Waals surface area contributed by atoms with Crippen LogP contribution in [0.4, 0.5) is 0 Å². The van der Waals surface area contributed by atoms with Crippen molar-refractivity contribution in [3.63, 3.8) is 0 Å². The molecule has 2 rings (SSSR count). The molecule has 2 heterocycles. The molecule has 6 heteroatoms. The molecule has 22 heavy (non-hydrogen) atoms. The highest BCUT2D eigenvalue weighted by Crippen LogP contribution is 2.22. The number of amides is 1. The van der Waals surface area contributed by atoms with Crippen LogP contribution in [0, 0.1) is 0 Å². The summed E-state index contributed by atoms with van der Waals surface area (Å²) in [5.41, 5.74) is -0.931. The number of aliphatic hydroxyl groups is 1. The lowest BCUT2D eigenvalue weighted by Gasteiger charge is -2.40. The van der Waals surface area contributed by atoms with Gasteiger partial charge in [0.1, 0.15) is 0 Å². The smallest absolute Gasteiger partial charge is 0.250 e. The monoisotopic (exact) mass is 307 g/mol. The summed E-state index contributed by atoms with van der Waals surface area (Å²) >= 11 is 0. The van der Waals surface area contributed by atoms with Crippen molar-refractivity contribution in [1.82, 2.24) is 14.4 Å². The van der Waals surface area contributed by atoms with Crippen molar-refractivity contribution in [3.05, 3.63) is 34.7 Å². The highest BCUT2D eigenvalue weighted by molar-refractivity contribution is 5.76. The van der Waals surface area contributed by atoms with E-state index >= 15 is 0 Å². The van der Waals surface area contributed by atoms with E-state index < -0.39 is 5.60 Å². The summed E-state index contributed by atoms with van der Waals surface area (Å²) in [6.45, 7) is 1.97. The van der Waals surface area contributed by atoms with Crippen molar-refractivity contribution in [3.8, 4) is 0 Å². The molecule has 1 amide bonds. The Kier molecular flexibility index (Phi) is 5.37. The standard InChI is InChI=1S/C16H25N3O3/c1-17(2)12-16(22)8-5-10-19(13-16)15(21)7-11-18-9-4-3-6-14(18)20/h3-4,6,9,22H,5,7-8,10-13H2,1-2H3/t16-/m0/s1. The van der Waals surface area contributed by atoms with Gasteiger partial charge in [-0.05, 0) is 33.0 Å². The first-order valence-corrected chi connectivity index (χ1v) is 7.70. The van der Waals surface area contributed by atoms with Gasteiger partial charge in [-0.25, -0.2) is 0 Å². The predicted molar refractivity (Wildman–Crippen MR) is 84.6 cm³/mol. The quantitative estimate of drug-likeness (QED) is 0.841. The Hall–Kier alpha value is -1.66. The molecule has 0 spiro atoms. The van der Waals surface area contributed by atoms with E-state index in [2.05, 4.69) is 0 Å². The van der Waals surface area contributed by atoms with Gasteiger partial charge in [0, 0.05) is 38.3 Å². The van der Waals surface area contributed by atoms with Crippen LogP contribution in [0.5, 0.6) is 0 Å². The lowest BCUT2D eigenvalue weighted by Crippen LogP contribution is -2.54. The fourth-order valence-corrected chi connectivity index (χ4v) is 3.06. The largest absolute Gasteiger partial charge is 0.387 e. The number of likely N-dealkylation sites (tertiary alicyclic amines) is 1. The molecule has 1 aromatic rings. The fraction of sp³-hybridized carbons (Fsp3) is 0.625. The number of hydrogen-bond donors (Lipinski definition) is 1. The summed E-state index contributed by atoms with van der Waals surface area (Å²) in [6, 6.07) is 4.95. The van der Waals surface area contributed by atoms with Crippen LogP contribution < -0.4 is 5.56 Å². The summed E-state index contributed by atoms with van der Waals surface area (Å²) in [7, 11) is 3.83. The van der Waals surface area contributed by atoms with Crippen molar-refractivity contribution < 1.29 is 9.90 Å². The van der Waals surface area contributed by atoms with Crippen LogP contribution in [-0.4, -0.2) is 64.7 Å². The number of pyridine rings is 1. The lowest BCUT2D eigenvalue weighted by atomic mass is 9.92. The summed E-state index contributed by atoms with van der Waals surface area (Å²) < 4.78 is 1.54. The van der Waals surface area contributed by atoms with Gasteiger partial charge < -0.3 is 19.5 Å². The molecule has 1 aliphatic rings. The molecule has 1 fully saturated rings. The van der Waals surface area contributed by atoms with E-state index in [9.17, 15) is 14.7 Å². The SMILES string of the molecule is CN(C)C[C@@]1(O)CCCN(C(=O)CCn2ccccc2=O)C1. The zero-order valence-electron chi connectivity index (χ0n) is 13.4. The summed E-state index contributed by atoms with van der Waals surface area (Å²) in [6.07, 6.45) is 3.49. The molecule has 1 aliphatic heterocycles. The summed E-state index contributed by atoms with van der Waals surface area (Å²) in [5, 5.41) is 10.6. The maximum Gasteiger partial charge on any atom is 0.250 e. The Bertz CT molecular complexity index is 570. The molecule has 1 N–H and O–H groups in total. The molecule has 0 radical (unpaired) electrons. The minimum atomic E-state index is -0.832. The van der Waals surface area contributed by atoms with Gasteiger partial charge in [-0.1, -0.05) is 6.07 Å². The number of carbonyl (C=O) groups is 1. The number of carbonyl (C=O) groups excluding carboxylic acids is 1. The molecule has 0 unspecified atom stereocenters. The first kappa shape index (κ1) is 16.7. The van der Waals surface area contributed by atoms with Crippen LogP contribution in [0.15, 0.2) is 29.2 Å². The Labute approximate surface area is 131 Å². The molecule has 0 aliphatic carbocycles. The zero-order valence-corrected chi connectivity index (χ0v) is 13.4. The first-order chi connectivity index (χ1) is 10.4. The second-order valence-electron chi connectivity index (χ2n) is 6.36. The molecule has 1 saturated heterocycles. The predicted octanol–water partition coefficient (Wildman–Crippen LogP) is 0.153. The van der Waals surface area contributed by atoms with Gasteiger partial charge in [0.25, 0.3) is 5.56 Å². The maximum atomic E-state index is 12.3. The topological polar surface area (TPSA) is 65.8 Å². The van der Waals surface area contributed by atoms with Gasteiger partial charge in [-0.15, -0.1) is 0 Å². The second kappa shape index (κ2) is 7.07. The number of hydrogen-bond acceptors (Lipinski definition) is 4. The first-order valence-electron chi connectivity index (χ1n) is 7.70. The van der Waals surface area contributed by atoms with Gasteiger partial charge in [-0.3, -0.25) is 9.59 Å². The number of likely N-dealkylation sites (N-methyl/N-ethyl adjacent to an activating group) is 1. The number of β-amino-alcohol motifs (C(OH)–C–C–N with tert-alkyl or cyclic N) is 1. The molecule has 1 aromatic heterocycles. The minimum absolute atomic E-state index is 0.00682. The van der Waals surface area contributed by atoms with Gasteiger partial charge in [0.05, 0.1) is 12.1 Å². The van der Waals surface area contributed by atoms with Crippen molar-refractivity contribution in [2.45, 2.75) is 31.4 Å². The van der Waals surface area contributed by atoms with E-state index in [1.165, 1.54) is 10.6 Å². The minimum Gasteiger partial charge on any atom is -0.387 e. The van der Waals surface area contributed by atoms with Crippen LogP contribution in [0.2, 0.25) is 0 Å². The molecule has 0 bridgehead atoms. The highest BCUT2D eigenvalue weighted by atomic mass is 16.3. The van der Waals surface area contributed by atoms with E-state index in [-0.39, 0.29) is 17.9 Å². The molecule has 6 nitrogen and oxygen atoms in total. The van der Waals surface area contributed by atoms with Crippen molar-refractivity contribution in [2.24, 2.45) is 0 Å². The maximum absolute atomic E-state index is 12.3. The average molecular weight is 307 g/mol. The van der Waals surface area contributed by atoms with E-state index in [0.29, 0.717) is 32.6 Å².